The molecular weight excluding hydrogens is 335 g/mol. The van der Waals surface area contributed by atoms with Crippen molar-refractivity contribution in [3.05, 3.63) is 28.2 Å². The minimum absolute atomic E-state index is 0. The Bertz CT molecular complexity index is 466. The fourth-order valence-corrected chi connectivity index (χ4v) is 2.63. The Morgan fingerprint density at radius 3 is 2.90 bits per heavy atom. The second-order valence-electron chi connectivity index (χ2n) is 4.86. The number of amides is 1. The third kappa shape index (κ3) is 6.30. The van der Waals surface area contributed by atoms with Gasteiger partial charge in [-0.1, -0.05) is 23.2 Å². The molecule has 0 aliphatic carbocycles. The molecule has 0 saturated carbocycles. The summed E-state index contributed by atoms with van der Waals surface area (Å²) in [5.41, 5.74) is 0. The van der Waals surface area contributed by atoms with Crippen LogP contribution < -0.4 is 15.4 Å². The zero-order chi connectivity index (χ0) is 14.4. The number of carbonyl (C=O) groups is 1. The van der Waals surface area contributed by atoms with Gasteiger partial charge < -0.3 is 15.4 Å². The topological polar surface area (TPSA) is 50.4 Å². The van der Waals surface area contributed by atoms with Crippen LogP contribution in [0.15, 0.2) is 18.2 Å². The average Bonchev–Trinajstić information content (AvgIpc) is 2.91. The molecule has 1 aliphatic heterocycles. The van der Waals surface area contributed by atoms with E-state index >= 15 is 0 Å². The highest BCUT2D eigenvalue weighted by Gasteiger charge is 2.14. The standard InChI is InChI=1S/C14H18Cl2N2O2.ClH/c15-11-1-2-13(12(16)7-11)20-9-14(19)18-6-4-10-3-5-17-8-10;/h1-2,7,10,17H,3-6,8-9H2,(H,18,19);1H. The smallest absolute Gasteiger partial charge is 0.257 e. The first-order valence-electron chi connectivity index (χ1n) is 6.70. The van der Waals surface area contributed by atoms with Gasteiger partial charge in [-0.25, -0.2) is 0 Å². The van der Waals surface area contributed by atoms with Gasteiger partial charge in [0.1, 0.15) is 5.75 Å². The molecule has 118 valence electrons. The highest BCUT2D eigenvalue weighted by Crippen LogP contribution is 2.27. The van der Waals surface area contributed by atoms with Gasteiger partial charge in [0.2, 0.25) is 0 Å². The fraction of sp³-hybridized carbons (Fsp3) is 0.500. The van der Waals surface area contributed by atoms with Crippen LogP contribution >= 0.6 is 35.6 Å². The number of rotatable bonds is 6. The lowest BCUT2D eigenvalue weighted by atomic mass is 10.1. The number of ether oxygens (including phenoxy) is 1. The van der Waals surface area contributed by atoms with Crippen LogP contribution in [0.5, 0.6) is 5.75 Å². The number of hydrogen-bond donors (Lipinski definition) is 2. The predicted octanol–water partition coefficient (Wildman–Crippen LogP) is 2.91. The number of benzene rings is 1. The van der Waals surface area contributed by atoms with Crippen LogP contribution in [0.4, 0.5) is 0 Å². The van der Waals surface area contributed by atoms with Crippen LogP contribution in [0, 0.1) is 5.92 Å². The maximum absolute atomic E-state index is 11.6. The number of hydrogen-bond acceptors (Lipinski definition) is 3. The zero-order valence-electron chi connectivity index (χ0n) is 11.5. The van der Waals surface area contributed by atoms with Crippen molar-refractivity contribution in [3.8, 4) is 5.75 Å². The Morgan fingerprint density at radius 1 is 1.43 bits per heavy atom. The van der Waals surface area contributed by atoms with Crippen molar-refractivity contribution < 1.29 is 9.53 Å². The molecule has 1 aromatic rings. The van der Waals surface area contributed by atoms with Gasteiger partial charge in [0, 0.05) is 11.6 Å². The number of nitrogens with one attached hydrogen (secondary N) is 2. The molecular formula is C14H19Cl3N2O2. The molecule has 7 heteroatoms. The molecule has 1 atom stereocenters. The molecule has 0 radical (unpaired) electrons. The Kier molecular flexibility index (Phi) is 8.19. The van der Waals surface area contributed by atoms with Crippen molar-refractivity contribution in [2.45, 2.75) is 12.8 Å². The van der Waals surface area contributed by atoms with E-state index in [9.17, 15) is 4.79 Å². The van der Waals surface area contributed by atoms with Crippen LogP contribution in [0.3, 0.4) is 0 Å². The van der Waals surface area contributed by atoms with Gasteiger partial charge in [0.25, 0.3) is 5.91 Å². The summed E-state index contributed by atoms with van der Waals surface area (Å²) < 4.78 is 5.36. The normalized spacial score (nSPS) is 17.1. The molecule has 1 saturated heterocycles. The summed E-state index contributed by atoms with van der Waals surface area (Å²) in [6.45, 7) is 2.77. The first kappa shape index (κ1) is 18.4. The van der Waals surface area contributed by atoms with E-state index in [1.807, 2.05) is 0 Å². The molecule has 4 nitrogen and oxygen atoms in total. The molecule has 0 aromatic heterocycles. The van der Waals surface area contributed by atoms with Crippen molar-refractivity contribution >= 4 is 41.5 Å². The highest BCUT2D eigenvalue weighted by molar-refractivity contribution is 6.35. The molecule has 1 unspecified atom stereocenters. The van der Waals surface area contributed by atoms with Crippen LogP contribution in [-0.2, 0) is 4.79 Å². The van der Waals surface area contributed by atoms with E-state index in [0.717, 1.165) is 19.5 Å². The number of carbonyl (C=O) groups excluding carboxylic acids is 1. The zero-order valence-corrected chi connectivity index (χ0v) is 13.9. The van der Waals surface area contributed by atoms with Crippen molar-refractivity contribution in [1.29, 1.82) is 0 Å². The SMILES string of the molecule is Cl.O=C(COc1ccc(Cl)cc1Cl)NCCC1CCNC1. The van der Waals surface area contributed by atoms with Gasteiger partial charge in [0.15, 0.2) is 6.61 Å². The Balaban J connectivity index is 0.00000220. The third-order valence-corrected chi connectivity index (χ3v) is 3.82. The molecule has 1 aliphatic rings. The van der Waals surface area contributed by atoms with Gasteiger partial charge in [-0.15, -0.1) is 12.4 Å². The van der Waals surface area contributed by atoms with Crippen LogP contribution in [-0.4, -0.2) is 32.1 Å². The second-order valence-corrected chi connectivity index (χ2v) is 5.70. The van der Waals surface area contributed by atoms with Crippen molar-refractivity contribution in [2.24, 2.45) is 5.92 Å². The molecule has 2 N–H and O–H groups in total. The third-order valence-electron chi connectivity index (χ3n) is 3.29. The van der Waals surface area contributed by atoms with E-state index < -0.39 is 0 Å². The van der Waals surface area contributed by atoms with Gasteiger partial charge in [-0.2, -0.15) is 0 Å². The molecule has 1 fully saturated rings. The largest absolute Gasteiger partial charge is 0.482 e. The molecule has 1 aromatic carbocycles. The predicted molar refractivity (Wildman–Crippen MR) is 87.8 cm³/mol. The summed E-state index contributed by atoms with van der Waals surface area (Å²) >= 11 is 11.7. The minimum Gasteiger partial charge on any atom is -0.482 e. The maximum atomic E-state index is 11.6. The van der Waals surface area contributed by atoms with Crippen LogP contribution in [0.2, 0.25) is 10.0 Å². The first-order chi connectivity index (χ1) is 9.65. The fourth-order valence-electron chi connectivity index (χ4n) is 2.16. The van der Waals surface area contributed by atoms with Crippen LogP contribution in [0.1, 0.15) is 12.8 Å². The summed E-state index contributed by atoms with van der Waals surface area (Å²) in [5, 5.41) is 7.10. The van der Waals surface area contributed by atoms with E-state index in [0.29, 0.717) is 28.3 Å². The van der Waals surface area contributed by atoms with Gasteiger partial charge in [0.05, 0.1) is 5.02 Å². The summed E-state index contributed by atoms with van der Waals surface area (Å²) in [7, 11) is 0. The number of halogens is 3. The quantitative estimate of drug-likeness (QED) is 0.827. The molecule has 2 rings (SSSR count). The molecule has 0 spiro atoms. The van der Waals surface area contributed by atoms with E-state index in [-0.39, 0.29) is 24.9 Å². The van der Waals surface area contributed by atoms with E-state index in [1.54, 1.807) is 18.2 Å². The lowest BCUT2D eigenvalue weighted by Crippen LogP contribution is -2.30. The summed E-state index contributed by atoms with van der Waals surface area (Å²) in [5.74, 6) is 0.995. The van der Waals surface area contributed by atoms with Crippen molar-refractivity contribution in [3.63, 3.8) is 0 Å². The molecule has 1 amide bonds. The Labute approximate surface area is 140 Å². The van der Waals surface area contributed by atoms with Crippen LogP contribution in [0.25, 0.3) is 0 Å². The summed E-state index contributed by atoms with van der Waals surface area (Å²) in [4.78, 5) is 11.6. The first-order valence-corrected chi connectivity index (χ1v) is 7.46. The summed E-state index contributed by atoms with van der Waals surface area (Å²) in [6, 6.07) is 4.92. The lowest BCUT2D eigenvalue weighted by molar-refractivity contribution is -0.123. The minimum atomic E-state index is -0.137. The Morgan fingerprint density at radius 2 is 2.24 bits per heavy atom. The monoisotopic (exact) mass is 352 g/mol. The maximum Gasteiger partial charge on any atom is 0.257 e. The van der Waals surface area contributed by atoms with Gasteiger partial charge >= 0.3 is 0 Å². The van der Waals surface area contributed by atoms with E-state index in [2.05, 4.69) is 10.6 Å². The summed E-state index contributed by atoms with van der Waals surface area (Å²) in [6.07, 6.45) is 2.19. The van der Waals surface area contributed by atoms with E-state index in [4.69, 9.17) is 27.9 Å². The van der Waals surface area contributed by atoms with Crippen molar-refractivity contribution in [1.82, 2.24) is 10.6 Å². The lowest BCUT2D eigenvalue weighted by Gasteiger charge is -2.11. The van der Waals surface area contributed by atoms with Gasteiger partial charge in [-0.05, 0) is 50.0 Å². The molecule has 1 heterocycles. The Hall–Kier alpha value is -0.680. The highest BCUT2D eigenvalue weighted by atomic mass is 35.5. The van der Waals surface area contributed by atoms with E-state index in [1.165, 1.54) is 6.42 Å². The molecule has 0 bridgehead atoms. The van der Waals surface area contributed by atoms with Gasteiger partial charge in [-0.3, -0.25) is 4.79 Å². The second kappa shape index (κ2) is 9.36. The molecule has 21 heavy (non-hydrogen) atoms. The van der Waals surface area contributed by atoms with Crippen molar-refractivity contribution in [2.75, 3.05) is 26.2 Å². The average molecular weight is 354 g/mol.